The van der Waals surface area contributed by atoms with Crippen LogP contribution in [-0.4, -0.2) is 42.3 Å². The summed E-state index contributed by atoms with van der Waals surface area (Å²) < 4.78 is 64.8. The summed E-state index contributed by atoms with van der Waals surface area (Å²) in [6.07, 6.45) is 0. The van der Waals surface area contributed by atoms with E-state index >= 15 is 0 Å². The Hall–Kier alpha value is -4.19. The van der Waals surface area contributed by atoms with Gasteiger partial charge in [0.25, 0.3) is 15.9 Å². The van der Waals surface area contributed by atoms with Crippen LogP contribution < -0.4 is 14.8 Å². The van der Waals surface area contributed by atoms with Crippen LogP contribution in [0.4, 0.5) is 14.5 Å². The van der Waals surface area contributed by atoms with Gasteiger partial charge in [0.15, 0.2) is 6.61 Å². The molecule has 0 aliphatic heterocycles. The first-order chi connectivity index (χ1) is 16.6. The molecule has 1 amide bonds. The van der Waals surface area contributed by atoms with Crippen molar-refractivity contribution in [3.05, 3.63) is 71.8 Å². The van der Waals surface area contributed by atoms with E-state index in [1.54, 1.807) is 6.92 Å². The fourth-order valence-electron chi connectivity index (χ4n) is 3.22. The lowest BCUT2D eigenvalue weighted by molar-refractivity contribution is -0.118. The smallest absolute Gasteiger partial charge is 0.283 e. The number of nitrogens with zero attached hydrogens (tertiary/aromatic N) is 2. The van der Waals surface area contributed by atoms with Crippen LogP contribution in [-0.2, 0) is 14.8 Å². The first-order valence-electron chi connectivity index (χ1n) is 10.1. The highest BCUT2D eigenvalue weighted by Crippen LogP contribution is 2.32. The summed E-state index contributed by atoms with van der Waals surface area (Å²) in [7, 11) is -2.84. The van der Waals surface area contributed by atoms with Crippen molar-refractivity contribution < 1.29 is 36.6 Å². The molecule has 12 heteroatoms. The van der Waals surface area contributed by atoms with E-state index in [0.29, 0.717) is 17.4 Å². The fraction of sp³-hybridized carbons (Fsp3) is 0.130. The predicted octanol–water partition coefficient (Wildman–Crippen LogP) is 3.59. The Labute approximate surface area is 198 Å². The van der Waals surface area contributed by atoms with Gasteiger partial charge in [-0.25, -0.2) is 8.78 Å². The summed E-state index contributed by atoms with van der Waals surface area (Å²) in [5.74, 6) is -2.58. The number of ether oxygens (including phenoxy) is 2. The number of amides is 1. The average molecular weight is 503 g/mol. The van der Waals surface area contributed by atoms with E-state index in [0.717, 1.165) is 22.3 Å². The highest BCUT2D eigenvalue weighted by atomic mass is 32.2. The lowest BCUT2D eigenvalue weighted by Crippen LogP contribution is -2.21. The van der Waals surface area contributed by atoms with Crippen LogP contribution in [0.1, 0.15) is 5.56 Å². The van der Waals surface area contributed by atoms with Gasteiger partial charge in [-0.2, -0.15) is 8.42 Å². The molecule has 0 saturated carbocycles. The maximum atomic E-state index is 13.8. The molecule has 4 aromatic rings. The topological polar surface area (TPSA) is 120 Å². The van der Waals surface area contributed by atoms with Gasteiger partial charge in [0, 0.05) is 12.1 Å². The third-order valence-corrected chi connectivity index (χ3v) is 6.66. The molecule has 0 bridgehead atoms. The maximum Gasteiger partial charge on any atom is 0.283 e. The first-order valence-corrected chi connectivity index (χ1v) is 11.5. The van der Waals surface area contributed by atoms with Crippen LogP contribution in [0.3, 0.4) is 0 Å². The second kappa shape index (κ2) is 9.22. The van der Waals surface area contributed by atoms with Crippen LogP contribution in [0, 0.1) is 18.6 Å². The Bertz CT molecular complexity index is 1550. The number of methoxy groups -OCH3 is 1. The number of benzene rings is 3. The van der Waals surface area contributed by atoms with Crippen molar-refractivity contribution >= 4 is 32.5 Å². The van der Waals surface area contributed by atoms with E-state index in [9.17, 15) is 27.1 Å². The van der Waals surface area contributed by atoms with E-state index in [1.807, 2.05) is 0 Å². The number of carbonyl (C=O) groups excluding carboxylic acids is 1. The number of aryl methyl sites for hydroxylation is 1. The number of anilines is 1. The normalized spacial score (nSPS) is 11.4. The summed E-state index contributed by atoms with van der Waals surface area (Å²) in [6.45, 7) is 0.974. The minimum absolute atomic E-state index is 0.130. The molecule has 182 valence electrons. The number of carbonyl (C=O) groups is 1. The number of hydrogen-bond acceptors (Lipinski definition) is 7. The summed E-state index contributed by atoms with van der Waals surface area (Å²) in [4.78, 5) is 12.1. The van der Waals surface area contributed by atoms with Crippen molar-refractivity contribution in [1.82, 2.24) is 9.19 Å². The van der Waals surface area contributed by atoms with Crippen LogP contribution in [0.2, 0.25) is 0 Å². The third-order valence-electron chi connectivity index (χ3n) is 5.07. The van der Waals surface area contributed by atoms with Crippen molar-refractivity contribution in [2.45, 2.75) is 11.8 Å². The standard InChI is InChI=1S/C23H19F2N3O6S/c1-13-3-6-16(11-21(13)29)35(31,32)28-20-8-5-15(33-2)10-17(20)23(27-28)34-12-22(30)26-19-7-4-14(24)9-18(19)25/h3-11,29H,12H2,1-2H3,(H,26,30). The number of aromatic nitrogens is 2. The fourth-order valence-corrected chi connectivity index (χ4v) is 4.52. The van der Waals surface area contributed by atoms with Gasteiger partial charge in [-0.1, -0.05) is 6.07 Å². The van der Waals surface area contributed by atoms with E-state index in [2.05, 4.69) is 10.4 Å². The number of halogens is 2. The van der Waals surface area contributed by atoms with Crippen molar-refractivity contribution in [1.29, 1.82) is 0 Å². The Morgan fingerprint density at radius 1 is 1.11 bits per heavy atom. The number of nitrogens with one attached hydrogen (secondary N) is 1. The van der Waals surface area contributed by atoms with Crippen molar-refractivity contribution in [2.24, 2.45) is 0 Å². The molecule has 4 rings (SSSR count). The molecule has 2 N–H and O–H groups in total. The minimum atomic E-state index is -4.26. The molecule has 0 aliphatic rings. The number of aromatic hydroxyl groups is 1. The Morgan fingerprint density at radius 3 is 2.57 bits per heavy atom. The van der Waals surface area contributed by atoms with Gasteiger partial charge in [0.05, 0.1) is 28.6 Å². The SMILES string of the molecule is COc1ccc2c(c1)c(OCC(=O)Nc1ccc(F)cc1F)nn2S(=O)(=O)c1ccc(C)c(O)c1. The number of fused-ring (bicyclic) bond motifs is 1. The van der Waals surface area contributed by atoms with E-state index in [1.165, 1.54) is 37.4 Å². The Morgan fingerprint density at radius 2 is 1.89 bits per heavy atom. The van der Waals surface area contributed by atoms with Crippen molar-refractivity contribution in [3.8, 4) is 17.4 Å². The zero-order chi connectivity index (χ0) is 25.3. The third kappa shape index (κ3) is 4.73. The number of hydrogen-bond donors (Lipinski definition) is 2. The van der Waals surface area contributed by atoms with Gasteiger partial charge in [-0.05, 0) is 48.9 Å². The molecule has 0 aliphatic carbocycles. The highest BCUT2D eigenvalue weighted by molar-refractivity contribution is 7.90. The summed E-state index contributed by atoms with van der Waals surface area (Å²) in [6, 6.07) is 11.0. The second-order valence-corrected chi connectivity index (χ2v) is 9.21. The van der Waals surface area contributed by atoms with E-state index in [4.69, 9.17) is 9.47 Å². The monoisotopic (exact) mass is 503 g/mol. The number of phenols is 1. The van der Waals surface area contributed by atoms with Crippen LogP contribution in [0.25, 0.3) is 10.9 Å². The molecule has 0 spiro atoms. The zero-order valence-electron chi connectivity index (χ0n) is 18.5. The van der Waals surface area contributed by atoms with Gasteiger partial charge in [0.1, 0.15) is 23.1 Å². The predicted molar refractivity (Wildman–Crippen MR) is 122 cm³/mol. The molecule has 1 aromatic heterocycles. The largest absolute Gasteiger partial charge is 0.508 e. The molecule has 0 fully saturated rings. The lowest BCUT2D eigenvalue weighted by Gasteiger charge is -2.08. The molecule has 0 unspecified atom stereocenters. The first kappa shape index (κ1) is 24.0. The molecule has 35 heavy (non-hydrogen) atoms. The highest BCUT2D eigenvalue weighted by Gasteiger charge is 2.25. The van der Waals surface area contributed by atoms with Crippen molar-refractivity contribution in [2.75, 3.05) is 19.0 Å². The molecule has 3 aromatic carbocycles. The maximum absolute atomic E-state index is 13.8. The minimum Gasteiger partial charge on any atom is -0.508 e. The number of phenolic OH excluding ortho intramolecular Hbond substituents is 1. The zero-order valence-corrected chi connectivity index (χ0v) is 19.3. The van der Waals surface area contributed by atoms with Gasteiger partial charge in [-0.15, -0.1) is 9.19 Å². The number of rotatable bonds is 7. The molecular weight excluding hydrogens is 484 g/mol. The van der Waals surface area contributed by atoms with Crippen LogP contribution in [0.5, 0.6) is 17.4 Å². The van der Waals surface area contributed by atoms with Crippen molar-refractivity contribution in [3.63, 3.8) is 0 Å². The average Bonchev–Trinajstić information content (AvgIpc) is 3.19. The van der Waals surface area contributed by atoms with Gasteiger partial charge >= 0.3 is 0 Å². The van der Waals surface area contributed by atoms with Crippen LogP contribution in [0.15, 0.2) is 59.5 Å². The molecule has 1 heterocycles. The molecular formula is C23H19F2N3O6S. The second-order valence-electron chi connectivity index (χ2n) is 7.45. The Balaban J connectivity index is 1.67. The summed E-state index contributed by atoms with van der Waals surface area (Å²) in [5.41, 5.74) is 0.372. The van der Waals surface area contributed by atoms with Gasteiger partial charge in [0.2, 0.25) is 5.88 Å². The van der Waals surface area contributed by atoms with Crippen LogP contribution >= 0.6 is 0 Å². The molecule has 9 nitrogen and oxygen atoms in total. The van der Waals surface area contributed by atoms with E-state index < -0.39 is 34.2 Å². The quantitative estimate of drug-likeness (QED) is 0.396. The molecule has 0 radical (unpaired) electrons. The molecule has 0 saturated heterocycles. The Kier molecular flexibility index (Phi) is 6.31. The van der Waals surface area contributed by atoms with Gasteiger partial charge < -0.3 is 19.9 Å². The molecule has 0 atom stereocenters. The van der Waals surface area contributed by atoms with E-state index in [-0.39, 0.29) is 33.1 Å². The summed E-state index contributed by atoms with van der Waals surface area (Å²) in [5, 5.41) is 16.5. The van der Waals surface area contributed by atoms with Gasteiger partial charge in [-0.3, -0.25) is 4.79 Å². The summed E-state index contributed by atoms with van der Waals surface area (Å²) >= 11 is 0. The lowest BCUT2D eigenvalue weighted by atomic mass is 10.2.